The minimum atomic E-state index is -0.334. The summed E-state index contributed by atoms with van der Waals surface area (Å²) in [6.45, 7) is 1.96. The number of β-amino-alcohol motifs (C(OH)–C–C–N with tert-alkyl or cyclic N) is 1. The van der Waals surface area contributed by atoms with Crippen LogP contribution in [-0.2, 0) is 6.54 Å². The molecule has 4 rings (SSSR count). The number of benzene rings is 1. The van der Waals surface area contributed by atoms with Gasteiger partial charge in [0, 0.05) is 25.2 Å². The average Bonchev–Trinajstić information content (AvgIpc) is 3.33. The van der Waals surface area contributed by atoms with Crippen LogP contribution in [0, 0.1) is 0 Å². The molecule has 1 aliphatic rings. The highest BCUT2D eigenvalue weighted by Gasteiger charge is 2.32. The molecular weight excluding hydrogens is 368 g/mol. The molecule has 9 heteroatoms. The number of rotatable bonds is 7. The predicted octanol–water partition coefficient (Wildman–Crippen LogP) is 1.17. The lowest BCUT2D eigenvalue weighted by atomic mass is 10.2. The second-order valence-electron chi connectivity index (χ2n) is 7.56. The number of likely N-dealkylation sites (N-methyl/N-ethyl adjacent to an activating group) is 1. The Kier molecular flexibility index (Phi) is 5.68. The van der Waals surface area contributed by atoms with E-state index in [1.807, 2.05) is 56.7 Å². The maximum Gasteiger partial charge on any atom is 0.134 e. The van der Waals surface area contributed by atoms with Gasteiger partial charge in [-0.2, -0.15) is 0 Å². The lowest BCUT2D eigenvalue weighted by Gasteiger charge is -2.27. The fraction of sp³-hybridized carbons (Fsp3) is 0.400. The maximum absolute atomic E-state index is 10.1. The first-order valence-corrected chi connectivity index (χ1v) is 9.70. The zero-order valence-corrected chi connectivity index (χ0v) is 16.7. The standard InChI is InChI=1S/C20H26N8O/c1-26(2)12-17-8-18(29)13-27(17)20-9-19(22-14-23-20)21-10-15-11-28(25-24-15)16-6-4-3-5-7-16/h3-7,9,11,14,17-18,29H,8,10,12-13H2,1-2H3,(H,21,22,23)/t17-,18-/m1/s1. The maximum atomic E-state index is 10.1. The van der Waals surface area contributed by atoms with E-state index in [-0.39, 0.29) is 12.1 Å². The Labute approximate surface area is 170 Å². The van der Waals surface area contributed by atoms with Gasteiger partial charge in [-0.3, -0.25) is 0 Å². The third-order valence-corrected chi connectivity index (χ3v) is 4.93. The first kappa shape index (κ1) is 19.3. The van der Waals surface area contributed by atoms with E-state index in [1.54, 1.807) is 11.0 Å². The molecule has 9 nitrogen and oxygen atoms in total. The second kappa shape index (κ2) is 8.54. The Hall–Kier alpha value is -3.04. The molecule has 1 aromatic carbocycles. The van der Waals surface area contributed by atoms with Crippen LogP contribution in [0.15, 0.2) is 48.9 Å². The van der Waals surface area contributed by atoms with Crippen LogP contribution in [0.2, 0.25) is 0 Å². The van der Waals surface area contributed by atoms with Gasteiger partial charge in [0.05, 0.1) is 24.5 Å². The number of para-hydroxylation sites is 1. The topological polar surface area (TPSA) is 95.2 Å². The lowest BCUT2D eigenvalue weighted by molar-refractivity contribution is 0.191. The van der Waals surface area contributed by atoms with Gasteiger partial charge in [-0.15, -0.1) is 5.10 Å². The zero-order chi connectivity index (χ0) is 20.2. The monoisotopic (exact) mass is 394 g/mol. The van der Waals surface area contributed by atoms with Gasteiger partial charge in [0.25, 0.3) is 0 Å². The zero-order valence-electron chi connectivity index (χ0n) is 16.7. The van der Waals surface area contributed by atoms with E-state index in [1.165, 1.54) is 0 Å². The molecule has 0 unspecified atom stereocenters. The van der Waals surface area contributed by atoms with Crippen molar-refractivity contribution < 1.29 is 5.11 Å². The van der Waals surface area contributed by atoms with Gasteiger partial charge in [-0.25, -0.2) is 14.6 Å². The van der Waals surface area contributed by atoms with Crippen LogP contribution in [-0.4, -0.2) is 74.3 Å². The molecule has 0 amide bonds. The van der Waals surface area contributed by atoms with Crippen molar-refractivity contribution in [3.63, 3.8) is 0 Å². The van der Waals surface area contributed by atoms with E-state index in [0.29, 0.717) is 18.9 Å². The van der Waals surface area contributed by atoms with Crippen molar-refractivity contribution in [2.45, 2.75) is 25.1 Å². The summed E-state index contributed by atoms with van der Waals surface area (Å²) < 4.78 is 1.75. The molecule has 2 atom stereocenters. The van der Waals surface area contributed by atoms with E-state index in [0.717, 1.165) is 30.2 Å². The highest BCUT2D eigenvalue weighted by molar-refractivity contribution is 5.50. The van der Waals surface area contributed by atoms with Crippen molar-refractivity contribution >= 4 is 11.6 Å². The van der Waals surface area contributed by atoms with Crippen LogP contribution >= 0.6 is 0 Å². The predicted molar refractivity (Wildman–Crippen MR) is 111 cm³/mol. The molecule has 0 saturated carbocycles. The molecule has 0 bridgehead atoms. The van der Waals surface area contributed by atoms with Gasteiger partial charge < -0.3 is 20.2 Å². The molecule has 0 aliphatic carbocycles. The quantitative estimate of drug-likeness (QED) is 0.617. The summed E-state index contributed by atoms with van der Waals surface area (Å²) in [4.78, 5) is 13.0. The van der Waals surface area contributed by atoms with Crippen molar-refractivity contribution in [3.05, 3.63) is 54.6 Å². The van der Waals surface area contributed by atoms with Gasteiger partial charge >= 0.3 is 0 Å². The van der Waals surface area contributed by atoms with Crippen LogP contribution in [0.5, 0.6) is 0 Å². The molecule has 1 saturated heterocycles. The fourth-order valence-corrected chi connectivity index (χ4v) is 3.64. The first-order chi connectivity index (χ1) is 14.1. The van der Waals surface area contributed by atoms with Gasteiger partial charge in [0.15, 0.2) is 0 Å². The SMILES string of the molecule is CN(C)C[C@H]1C[C@@H](O)CN1c1cc(NCc2cn(-c3ccccc3)nn2)ncn1. The molecule has 29 heavy (non-hydrogen) atoms. The summed E-state index contributed by atoms with van der Waals surface area (Å²) in [5.74, 6) is 1.54. The van der Waals surface area contributed by atoms with Crippen molar-refractivity contribution in [2.75, 3.05) is 37.4 Å². The van der Waals surface area contributed by atoms with E-state index in [9.17, 15) is 5.11 Å². The number of aliphatic hydroxyl groups is 1. The van der Waals surface area contributed by atoms with Crippen molar-refractivity contribution in [1.82, 2.24) is 29.9 Å². The van der Waals surface area contributed by atoms with Crippen molar-refractivity contribution in [2.24, 2.45) is 0 Å². The van der Waals surface area contributed by atoms with Gasteiger partial charge in [-0.1, -0.05) is 23.4 Å². The van der Waals surface area contributed by atoms with Crippen LogP contribution in [0.3, 0.4) is 0 Å². The highest BCUT2D eigenvalue weighted by atomic mass is 16.3. The normalized spacial score (nSPS) is 19.1. The van der Waals surface area contributed by atoms with Crippen LogP contribution in [0.1, 0.15) is 12.1 Å². The Morgan fingerprint density at radius 3 is 2.83 bits per heavy atom. The Morgan fingerprint density at radius 2 is 2.03 bits per heavy atom. The number of nitrogens with one attached hydrogen (secondary N) is 1. The minimum Gasteiger partial charge on any atom is -0.391 e. The number of nitrogens with zero attached hydrogens (tertiary/aromatic N) is 7. The van der Waals surface area contributed by atoms with Gasteiger partial charge in [0.2, 0.25) is 0 Å². The van der Waals surface area contributed by atoms with Crippen molar-refractivity contribution in [1.29, 1.82) is 0 Å². The summed E-state index contributed by atoms with van der Waals surface area (Å²) in [6, 6.07) is 12.0. The smallest absolute Gasteiger partial charge is 0.134 e. The lowest BCUT2D eigenvalue weighted by Crippen LogP contribution is -2.38. The van der Waals surface area contributed by atoms with E-state index < -0.39 is 0 Å². The van der Waals surface area contributed by atoms with E-state index in [2.05, 4.69) is 35.4 Å². The van der Waals surface area contributed by atoms with Gasteiger partial charge in [-0.05, 0) is 32.6 Å². The number of aliphatic hydroxyl groups excluding tert-OH is 1. The first-order valence-electron chi connectivity index (χ1n) is 9.70. The Bertz CT molecular complexity index is 929. The second-order valence-corrected chi connectivity index (χ2v) is 7.56. The molecule has 1 aliphatic heterocycles. The van der Waals surface area contributed by atoms with Crippen molar-refractivity contribution in [3.8, 4) is 5.69 Å². The van der Waals surface area contributed by atoms with Crippen LogP contribution in [0.25, 0.3) is 5.69 Å². The van der Waals surface area contributed by atoms with Crippen LogP contribution < -0.4 is 10.2 Å². The number of hydrogen-bond acceptors (Lipinski definition) is 8. The minimum absolute atomic E-state index is 0.230. The van der Waals surface area contributed by atoms with Gasteiger partial charge in [0.1, 0.15) is 23.7 Å². The fourth-order valence-electron chi connectivity index (χ4n) is 3.64. The van der Waals surface area contributed by atoms with E-state index >= 15 is 0 Å². The molecule has 2 N–H and O–H groups in total. The average molecular weight is 394 g/mol. The third-order valence-electron chi connectivity index (χ3n) is 4.93. The van der Waals surface area contributed by atoms with Crippen LogP contribution in [0.4, 0.5) is 11.6 Å². The molecule has 3 heterocycles. The summed E-state index contributed by atoms with van der Waals surface area (Å²) in [7, 11) is 4.08. The third kappa shape index (κ3) is 4.69. The molecule has 0 radical (unpaired) electrons. The molecule has 152 valence electrons. The number of anilines is 2. The molecule has 0 spiro atoms. The molecule has 2 aromatic heterocycles. The summed E-state index contributed by atoms with van der Waals surface area (Å²) >= 11 is 0. The summed E-state index contributed by atoms with van der Waals surface area (Å²) in [6.07, 6.45) is 3.86. The Morgan fingerprint density at radius 1 is 1.21 bits per heavy atom. The van der Waals surface area contributed by atoms with E-state index in [4.69, 9.17) is 0 Å². The molecule has 1 fully saturated rings. The molecular formula is C20H26N8O. The summed E-state index contributed by atoms with van der Waals surface area (Å²) in [5, 5.41) is 21.8. The number of aromatic nitrogens is 5. The molecule has 3 aromatic rings. The number of hydrogen-bond donors (Lipinski definition) is 2. The highest BCUT2D eigenvalue weighted by Crippen LogP contribution is 2.25. The largest absolute Gasteiger partial charge is 0.391 e. The Balaban J connectivity index is 1.42. The summed E-state index contributed by atoms with van der Waals surface area (Å²) in [5.41, 5.74) is 1.78.